The van der Waals surface area contributed by atoms with E-state index < -0.39 is 0 Å². The molecule has 0 aromatic carbocycles. The molecule has 1 saturated heterocycles. The number of fused-ring (bicyclic) bond motifs is 2. The minimum absolute atomic E-state index is 0.138. The van der Waals surface area contributed by atoms with Crippen molar-refractivity contribution in [1.82, 2.24) is 4.90 Å². The standard InChI is InChI=1S/C17H32N2O/c1-15(2)13-6-7-16(15,3)17(10-13,14(11-18)12-20)19-8-4-5-9-19/h13-14,20H,4-12,18H2,1-3H3. The topological polar surface area (TPSA) is 49.5 Å². The number of rotatable bonds is 4. The minimum atomic E-state index is 0.138. The lowest BCUT2D eigenvalue weighted by molar-refractivity contribution is -0.0849. The van der Waals surface area contributed by atoms with Gasteiger partial charge in [-0.05, 0) is 68.5 Å². The smallest absolute Gasteiger partial charge is 0.0489 e. The van der Waals surface area contributed by atoms with Gasteiger partial charge in [0.2, 0.25) is 0 Å². The summed E-state index contributed by atoms with van der Waals surface area (Å²) < 4.78 is 0. The van der Waals surface area contributed by atoms with E-state index in [9.17, 15) is 5.11 Å². The Kier molecular flexibility index (Phi) is 3.47. The van der Waals surface area contributed by atoms with Gasteiger partial charge in [0.05, 0.1) is 0 Å². The van der Waals surface area contributed by atoms with E-state index in [0.29, 0.717) is 17.4 Å². The molecular weight excluding hydrogens is 248 g/mol. The number of hydrogen-bond acceptors (Lipinski definition) is 3. The predicted octanol–water partition coefficient (Wildman–Crippen LogP) is 2.23. The van der Waals surface area contributed by atoms with Gasteiger partial charge in [0.25, 0.3) is 0 Å². The first kappa shape index (κ1) is 14.8. The van der Waals surface area contributed by atoms with Gasteiger partial charge in [-0.25, -0.2) is 0 Å². The Bertz CT molecular complexity index is 369. The van der Waals surface area contributed by atoms with Gasteiger partial charge in [-0.15, -0.1) is 0 Å². The number of aliphatic hydroxyl groups excluding tert-OH is 1. The van der Waals surface area contributed by atoms with Crippen LogP contribution in [0.4, 0.5) is 0 Å². The van der Waals surface area contributed by atoms with Crippen molar-refractivity contribution in [2.24, 2.45) is 28.4 Å². The van der Waals surface area contributed by atoms with Crippen LogP contribution < -0.4 is 5.73 Å². The van der Waals surface area contributed by atoms with Crippen molar-refractivity contribution in [3.8, 4) is 0 Å². The first-order valence-corrected chi connectivity index (χ1v) is 8.50. The monoisotopic (exact) mass is 280 g/mol. The first-order valence-electron chi connectivity index (χ1n) is 8.50. The molecular formula is C17H32N2O. The Morgan fingerprint density at radius 1 is 1.25 bits per heavy atom. The van der Waals surface area contributed by atoms with E-state index in [4.69, 9.17) is 5.73 Å². The average molecular weight is 280 g/mol. The Labute approximate surface area is 123 Å². The van der Waals surface area contributed by atoms with E-state index in [0.717, 1.165) is 5.92 Å². The lowest BCUT2D eigenvalue weighted by atomic mass is 9.58. The molecule has 3 rings (SSSR count). The minimum Gasteiger partial charge on any atom is -0.396 e. The molecule has 1 aliphatic heterocycles. The fourth-order valence-corrected chi connectivity index (χ4v) is 6.22. The van der Waals surface area contributed by atoms with Gasteiger partial charge in [-0.2, -0.15) is 0 Å². The van der Waals surface area contributed by atoms with Crippen molar-refractivity contribution in [1.29, 1.82) is 0 Å². The van der Waals surface area contributed by atoms with Gasteiger partial charge in [-0.1, -0.05) is 20.8 Å². The van der Waals surface area contributed by atoms with Crippen molar-refractivity contribution in [3.05, 3.63) is 0 Å². The molecule has 116 valence electrons. The normalized spacial score (nSPS) is 45.1. The molecule has 2 aliphatic carbocycles. The molecule has 2 bridgehead atoms. The quantitative estimate of drug-likeness (QED) is 0.830. The average Bonchev–Trinajstić information content (AvgIpc) is 3.05. The first-order chi connectivity index (χ1) is 9.44. The number of hydrogen-bond donors (Lipinski definition) is 2. The summed E-state index contributed by atoms with van der Waals surface area (Å²) in [4.78, 5) is 2.72. The molecule has 20 heavy (non-hydrogen) atoms. The molecule has 0 aromatic rings. The maximum atomic E-state index is 10.0. The largest absolute Gasteiger partial charge is 0.396 e. The Morgan fingerprint density at radius 2 is 1.90 bits per heavy atom. The van der Waals surface area contributed by atoms with Crippen LogP contribution in [-0.4, -0.2) is 41.8 Å². The van der Waals surface area contributed by atoms with E-state index in [1.165, 1.54) is 45.2 Å². The van der Waals surface area contributed by atoms with Crippen LogP contribution in [-0.2, 0) is 0 Å². The lowest BCUT2D eigenvalue weighted by Crippen LogP contribution is -2.64. The molecule has 0 amide bonds. The summed E-state index contributed by atoms with van der Waals surface area (Å²) in [7, 11) is 0. The number of aliphatic hydroxyl groups is 1. The fourth-order valence-electron chi connectivity index (χ4n) is 6.22. The second-order valence-corrected chi connectivity index (χ2v) is 8.23. The second-order valence-electron chi connectivity index (χ2n) is 8.23. The van der Waals surface area contributed by atoms with E-state index in [2.05, 4.69) is 25.7 Å². The van der Waals surface area contributed by atoms with E-state index in [-0.39, 0.29) is 18.1 Å². The molecule has 3 fully saturated rings. The maximum absolute atomic E-state index is 10.0. The molecule has 3 N–H and O–H groups in total. The Balaban J connectivity index is 2.08. The molecule has 3 aliphatic rings. The molecule has 4 atom stereocenters. The lowest BCUT2D eigenvalue weighted by Gasteiger charge is -2.57. The van der Waals surface area contributed by atoms with E-state index >= 15 is 0 Å². The summed E-state index contributed by atoms with van der Waals surface area (Å²) >= 11 is 0. The fraction of sp³-hybridized carbons (Fsp3) is 1.00. The van der Waals surface area contributed by atoms with Gasteiger partial charge in [0, 0.05) is 18.1 Å². The zero-order chi connectivity index (χ0) is 14.6. The van der Waals surface area contributed by atoms with Crippen LogP contribution in [0.3, 0.4) is 0 Å². The number of likely N-dealkylation sites (tertiary alicyclic amines) is 1. The van der Waals surface area contributed by atoms with Crippen LogP contribution in [0.2, 0.25) is 0 Å². The molecule has 0 spiro atoms. The summed E-state index contributed by atoms with van der Waals surface area (Å²) in [6.45, 7) is 10.7. The SMILES string of the molecule is CC1(C)C2CCC1(C)C(C(CN)CO)(N1CCCC1)C2. The molecule has 1 heterocycles. The highest BCUT2D eigenvalue weighted by Gasteiger charge is 2.71. The van der Waals surface area contributed by atoms with E-state index in [1.807, 2.05) is 0 Å². The zero-order valence-corrected chi connectivity index (χ0v) is 13.5. The third kappa shape index (κ3) is 1.52. The second kappa shape index (κ2) is 4.69. The van der Waals surface area contributed by atoms with Crippen LogP contribution in [0.15, 0.2) is 0 Å². The third-order valence-electron chi connectivity index (χ3n) is 7.80. The van der Waals surface area contributed by atoms with Gasteiger partial charge >= 0.3 is 0 Å². The summed E-state index contributed by atoms with van der Waals surface area (Å²) in [6, 6.07) is 0. The highest BCUT2D eigenvalue weighted by atomic mass is 16.3. The van der Waals surface area contributed by atoms with Crippen molar-refractivity contribution in [2.75, 3.05) is 26.2 Å². The molecule has 4 unspecified atom stereocenters. The van der Waals surface area contributed by atoms with Gasteiger partial charge in [0.15, 0.2) is 0 Å². The predicted molar refractivity (Wildman–Crippen MR) is 82.4 cm³/mol. The highest BCUT2D eigenvalue weighted by Crippen LogP contribution is 2.73. The highest BCUT2D eigenvalue weighted by molar-refractivity contribution is 5.24. The van der Waals surface area contributed by atoms with Crippen molar-refractivity contribution in [2.45, 2.75) is 58.4 Å². The summed E-state index contributed by atoms with van der Waals surface area (Å²) in [5.41, 5.74) is 6.91. The van der Waals surface area contributed by atoms with Crippen molar-refractivity contribution < 1.29 is 5.11 Å². The van der Waals surface area contributed by atoms with Gasteiger partial charge < -0.3 is 10.8 Å². The summed E-state index contributed by atoms with van der Waals surface area (Å²) in [5, 5.41) is 10.0. The molecule has 0 aromatic heterocycles. The van der Waals surface area contributed by atoms with E-state index in [1.54, 1.807) is 0 Å². The van der Waals surface area contributed by atoms with Gasteiger partial charge in [0.1, 0.15) is 0 Å². The molecule has 3 heteroatoms. The molecule has 0 radical (unpaired) electrons. The van der Waals surface area contributed by atoms with Crippen molar-refractivity contribution in [3.63, 3.8) is 0 Å². The molecule has 2 saturated carbocycles. The summed E-state index contributed by atoms with van der Waals surface area (Å²) in [6.07, 6.45) is 6.54. The number of nitrogens with zero attached hydrogens (tertiary/aromatic N) is 1. The molecule has 3 nitrogen and oxygen atoms in total. The van der Waals surface area contributed by atoms with Crippen LogP contribution in [0.25, 0.3) is 0 Å². The van der Waals surface area contributed by atoms with Crippen LogP contribution >= 0.6 is 0 Å². The zero-order valence-electron chi connectivity index (χ0n) is 13.5. The Hall–Kier alpha value is -0.120. The van der Waals surface area contributed by atoms with Crippen molar-refractivity contribution >= 4 is 0 Å². The van der Waals surface area contributed by atoms with Gasteiger partial charge in [-0.3, -0.25) is 4.90 Å². The Morgan fingerprint density at radius 3 is 2.30 bits per heavy atom. The van der Waals surface area contributed by atoms with Crippen LogP contribution in [0.5, 0.6) is 0 Å². The maximum Gasteiger partial charge on any atom is 0.0489 e. The van der Waals surface area contributed by atoms with Crippen LogP contribution in [0, 0.1) is 22.7 Å². The third-order valence-corrected chi connectivity index (χ3v) is 7.80. The van der Waals surface area contributed by atoms with Crippen LogP contribution in [0.1, 0.15) is 52.9 Å². The number of nitrogens with two attached hydrogens (primary N) is 1. The summed E-state index contributed by atoms with van der Waals surface area (Å²) in [5.74, 6) is 1.03.